The third kappa shape index (κ3) is 5.81. The molecule has 142 valence electrons. The summed E-state index contributed by atoms with van der Waals surface area (Å²) in [6.45, 7) is 4.06. The Balaban J connectivity index is 1.78. The average Bonchev–Trinajstić information content (AvgIpc) is 2.65. The number of nitrogens with one attached hydrogen (secondary N) is 3. The van der Waals surface area contributed by atoms with Crippen molar-refractivity contribution in [1.29, 1.82) is 0 Å². The van der Waals surface area contributed by atoms with Gasteiger partial charge in [-0.2, -0.15) is 0 Å². The highest BCUT2D eigenvalue weighted by molar-refractivity contribution is 5.97. The van der Waals surface area contributed by atoms with Gasteiger partial charge in [0, 0.05) is 24.7 Å². The first-order valence-corrected chi connectivity index (χ1v) is 8.51. The predicted molar refractivity (Wildman–Crippen MR) is 103 cm³/mol. The molecule has 0 aliphatic carbocycles. The fraction of sp³-hybridized carbons (Fsp3) is 0.263. The molecule has 1 atom stereocenters. The highest BCUT2D eigenvalue weighted by atomic mass is 16.6. The van der Waals surface area contributed by atoms with Crippen LogP contribution in [0.5, 0.6) is 0 Å². The molecule has 0 fully saturated rings. The normalized spacial score (nSPS) is 11.3. The smallest absolute Gasteiger partial charge is 0.292 e. The van der Waals surface area contributed by atoms with Crippen LogP contribution in [0.1, 0.15) is 22.8 Å². The van der Waals surface area contributed by atoms with Crippen LogP contribution in [0.25, 0.3) is 0 Å². The Morgan fingerprint density at radius 1 is 1.11 bits per heavy atom. The van der Waals surface area contributed by atoms with Crippen LogP contribution >= 0.6 is 0 Å². The summed E-state index contributed by atoms with van der Waals surface area (Å²) >= 11 is 0. The second kappa shape index (κ2) is 9.33. The molecule has 2 rings (SSSR count). The Hall–Kier alpha value is -3.42. The van der Waals surface area contributed by atoms with Gasteiger partial charge in [0.15, 0.2) is 0 Å². The summed E-state index contributed by atoms with van der Waals surface area (Å²) in [5, 5.41) is 19.2. The molecule has 0 aliphatic heterocycles. The number of aryl methyl sites for hydroxylation is 1. The summed E-state index contributed by atoms with van der Waals surface area (Å²) in [4.78, 5) is 34.7. The number of nitrogens with zero attached hydrogens (tertiary/aromatic N) is 1. The van der Waals surface area contributed by atoms with Crippen LogP contribution in [0, 0.1) is 17.0 Å². The van der Waals surface area contributed by atoms with Gasteiger partial charge in [-0.25, -0.2) is 0 Å². The predicted octanol–water partition coefficient (Wildman–Crippen LogP) is 2.25. The molecule has 0 aromatic heterocycles. The monoisotopic (exact) mass is 370 g/mol. The van der Waals surface area contributed by atoms with Crippen molar-refractivity contribution in [1.82, 2.24) is 10.6 Å². The van der Waals surface area contributed by atoms with Gasteiger partial charge in [-0.1, -0.05) is 29.8 Å². The van der Waals surface area contributed by atoms with E-state index >= 15 is 0 Å². The standard InChI is InChI=1S/C19H22N4O4/c1-13-6-5-7-15(12-13)19(25)22-14(2)18(24)21-11-10-20-16-8-3-4-9-17(16)23(26)27/h3-9,12,14,20H,10-11H2,1-2H3,(H,21,24)(H,22,25)/t14-/m0/s1. The van der Waals surface area contributed by atoms with Crippen LogP contribution in [-0.2, 0) is 4.79 Å². The number of carbonyl (C=O) groups is 2. The summed E-state index contributed by atoms with van der Waals surface area (Å²) in [5.74, 6) is -0.653. The molecule has 8 nitrogen and oxygen atoms in total. The van der Waals surface area contributed by atoms with E-state index in [0.717, 1.165) is 5.56 Å². The number of hydrogen-bond donors (Lipinski definition) is 3. The number of benzene rings is 2. The number of nitro groups is 1. The first-order valence-electron chi connectivity index (χ1n) is 8.51. The van der Waals surface area contributed by atoms with Crippen molar-refractivity contribution in [2.24, 2.45) is 0 Å². The average molecular weight is 370 g/mol. The van der Waals surface area contributed by atoms with Gasteiger partial charge in [-0.3, -0.25) is 19.7 Å². The van der Waals surface area contributed by atoms with E-state index in [1.54, 1.807) is 43.3 Å². The van der Waals surface area contributed by atoms with Gasteiger partial charge in [0.2, 0.25) is 5.91 Å². The number of nitro benzene ring substituents is 1. The number of amides is 2. The van der Waals surface area contributed by atoms with E-state index in [9.17, 15) is 19.7 Å². The molecule has 0 saturated carbocycles. The first kappa shape index (κ1) is 19.9. The zero-order chi connectivity index (χ0) is 19.8. The minimum absolute atomic E-state index is 0.0254. The number of anilines is 1. The second-order valence-electron chi connectivity index (χ2n) is 6.06. The summed E-state index contributed by atoms with van der Waals surface area (Å²) in [7, 11) is 0. The van der Waals surface area contributed by atoms with Crippen molar-refractivity contribution >= 4 is 23.2 Å². The third-order valence-electron chi connectivity index (χ3n) is 3.86. The van der Waals surface area contributed by atoms with Gasteiger partial charge < -0.3 is 16.0 Å². The van der Waals surface area contributed by atoms with Crippen molar-refractivity contribution in [2.75, 3.05) is 18.4 Å². The highest BCUT2D eigenvalue weighted by Gasteiger charge is 2.16. The van der Waals surface area contributed by atoms with E-state index in [0.29, 0.717) is 17.8 Å². The number of para-hydroxylation sites is 2. The summed E-state index contributed by atoms with van der Waals surface area (Å²) < 4.78 is 0. The molecule has 0 aliphatic rings. The Morgan fingerprint density at radius 2 is 1.85 bits per heavy atom. The molecule has 0 spiro atoms. The SMILES string of the molecule is Cc1cccc(C(=O)N[C@@H](C)C(=O)NCCNc2ccccc2[N+](=O)[O-])c1. The molecule has 0 heterocycles. The molecule has 0 saturated heterocycles. The topological polar surface area (TPSA) is 113 Å². The minimum atomic E-state index is -0.705. The van der Waals surface area contributed by atoms with Crippen molar-refractivity contribution in [3.63, 3.8) is 0 Å². The molecule has 0 radical (unpaired) electrons. The number of carbonyl (C=O) groups excluding carboxylic acids is 2. The van der Waals surface area contributed by atoms with E-state index in [2.05, 4.69) is 16.0 Å². The van der Waals surface area contributed by atoms with Crippen LogP contribution < -0.4 is 16.0 Å². The summed E-state index contributed by atoms with van der Waals surface area (Å²) in [6, 6.07) is 12.7. The van der Waals surface area contributed by atoms with Crippen LogP contribution in [-0.4, -0.2) is 35.9 Å². The summed E-state index contributed by atoms with van der Waals surface area (Å²) in [6.07, 6.45) is 0. The zero-order valence-electron chi connectivity index (χ0n) is 15.2. The van der Waals surface area contributed by atoms with Crippen LogP contribution in [0.4, 0.5) is 11.4 Å². The molecule has 8 heteroatoms. The lowest BCUT2D eigenvalue weighted by Gasteiger charge is -2.15. The van der Waals surface area contributed by atoms with E-state index in [-0.39, 0.29) is 24.0 Å². The van der Waals surface area contributed by atoms with Gasteiger partial charge in [0.25, 0.3) is 11.6 Å². The minimum Gasteiger partial charge on any atom is -0.378 e. The highest BCUT2D eigenvalue weighted by Crippen LogP contribution is 2.22. The van der Waals surface area contributed by atoms with Crippen LogP contribution in [0.15, 0.2) is 48.5 Å². The lowest BCUT2D eigenvalue weighted by molar-refractivity contribution is -0.384. The maximum absolute atomic E-state index is 12.2. The van der Waals surface area contributed by atoms with Crippen molar-refractivity contribution in [3.05, 3.63) is 69.8 Å². The Kier molecular flexibility index (Phi) is 6.87. The van der Waals surface area contributed by atoms with E-state index < -0.39 is 11.0 Å². The summed E-state index contributed by atoms with van der Waals surface area (Å²) in [5.41, 5.74) is 1.81. The number of rotatable bonds is 8. The van der Waals surface area contributed by atoms with Crippen molar-refractivity contribution in [2.45, 2.75) is 19.9 Å². The van der Waals surface area contributed by atoms with E-state index in [1.807, 2.05) is 13.0 Å². The Morgan fingerprint density at radius 3 is 2.56 bits per heavy atom. The fourth-order valence-electron chi connectivity index (χ4n) is 2.45. The van der Waals surface area contributed by atoms with Crippen molar-refractivity contribution < 1.29 is 14.5 Å². The molecule has 2 amide bonds. The van der Waals surface area contributed by atoms with Gasteiger partial charge in [-0.05, 0) is 32.0 Å². The van der Waals surface area contributed by atoms with Gasteiger partial charge in [0.1, 0.15) is 11.7 Å². The third-order valence-corrected chi connectivity index (χ3v) is 3.86. The molecular formula is C19H22N4O4. The molecule has 3 N–H and O–H groups in total. The fourth-order valence-corrected chi connectivity index (χ4v) is 2.45. The van der Waals surface area contributed by atoms with Crippen LogP contribution in [0.3, 0.4) is 0 Å². The number of hydrogen-bond acceptors (Lipinski definition) is 5. The van der Waals surface area contributed by atoms with Gasteiger partial charge in [-0.15, -0.1) is 0 Å². The zero-order valence-corrected chi connectivity index (χ0v) is 15.2. The lowest BCUT2D eigenvalue weighted by atomic mass is 10.1. The maximum atomic E-state index is 12.2. The Labute approximate surface area is 157 Å². The quantitative estimate of drug-likeness (QED) is 0.375. The molecule has 0 unspecified atom stereocenters. The molecular weight excluding hydrogens is 348 g/mol. The molecule has 0 bridgehead atoms. The molecule has 27 heavy (non-hydrogen) atoms. The largest absolute Gasteiger partial charge is 0.378 e. The van der Waals surface area contributed by atoms with E-state index in [4.69, 9.17) is 0 Å². The lowest BCUT2D eigenvalue weighted by Crippen LogP contribution is -2.45. The molecule has 2 aromatic rings. The second-order valence-corrected chi connectivity index (χ2v) is 6.06. The van der Waals surface area contributed by atoms with Crippen LogP contribution in [0.2, 0.25) is 0 Å². The van der Waals surface area contributed by atoms with Gasteiger partial charge in [0.05, 0.1) is 4.92 Å². The van der Waals surface area contributed by atoms with Gasteiger partial charge >= 0.3 is 0 Å². The molecule has 2 aromatic carbocycles. The van der Waals surface area contributed by atoms with Crippen molar-refractivity contribution in [3.8, 4) is 0 Å². The Bertz CT molecular complexity index is 838. The first-order chi connectivity index (χ1) is 12.9. The van der Waals surface area contributed by atoms with E-state index in [1.165, 1.54) is 6.07 Å². The maximum Gasteiger partial charge on any atom is 0.292 e.